The molecule has 0 radical (unpaired) electrons. The molecule has 0 saturated carbocycles. The van der Waals surface area contributed by atoms with Gasteiger partial charge in [0.05, 0.1) is 23.5 Å². The van der Waals surface area contributed by atoms with Gasteiger partial charge in [0.25, 0.3) is 0 Å². The number of ether oxygens (including phenoxy) is 4. The maximum Gasteiger partial charge on any atom is 0.334 e. The van der Waals surface area contributed by atoms with Gasteiger partial charge in [-0.25, -0.2) is 4.79 Å². The molecule has 7 heteroatoms. The molecule has 3 rings (SSSR count). The van der Waals surface area contributed by atoms with E-state index in [1.807, 2.05) is 13.8 Å². The predicted octanol–water partition coefficient (Wildman–Crippen LogP) is 2.48. The number of esters is 3. The van der Waals surface area contributed by atoms with Crippen LogP contribution >= 0.6 is 0 Å². The maximum atomic E-state index is 12.3. The Hall–Kier alpha value is -2.15. The highest BCUT2D eigenvalue weighted by molar-refractivity contribution is 5.91. The van der Waals surface area contributed by atoms with Gasteiger partial charge < -0.3 is 18.9 Å². The first kappa shape index (κ1) is 20.6. The number of carbonyl (C=O) groups is 3. The van der Waals surface area contributed by atoms with E-state index in [9.17, 15) is 14.4 Å². The topological polar surface area (TPSA) is 91.4 Å². The van der Waals surface area contributed by atoms with E-state index >= 15 is 0 Å². The second-order valence-corrected chi connectivity index (χ2v) is 8.42. The van der Waals surface area contributed by atoms with Crippen molar-refractivity contribution in [2.75, 3.05) is 0 Å². The van der Waals surface area contributed by atoms with E-state index < -0.39 is 35.8 Å². The van der Waals surface area contributed by atoms with Crippen LogP contribution < -0.4 is 0 Å². The number of fused-ring (bicyclic) bond motifs is 2. The Balaban J connectivity index is 1.98. The van der Waals surface area contributed by atoms with E-state index in [1.165, 1.54) is 6.92 Å². The molecule has 0 amide bonds. The maximum absolute atomic E-state index is 12.3. The molecule has 28 heavy (non-hydrogen) atoms. The Morgan fingerprint density at radius 2 is 2.00 bits per heavy atom. The first-order valence-corrected chi connectivity index (χ1v) is 9.65. The number of hydrogen-bond acceptors (Lipinski definition) is 7. The number of epoxide rings is 1. The minimum atomic E-state index is -0.637. The molecule has 6 atom stereocenters. The lowest BCUT2D eigenvalue weighted by molar-refractivity contribution is -0.157. The van der Waals surface area contributed by atoms with Crippen molar-refractivity contribution in [3.8, 4) is 0 Å². The lowest BCUT2D eigenvalue weighted by Crippen LogP contribution is -2.38. The fraction of sp³-hybridized carbons (Fsp3) is 0.667. The summed E-state index contributed by atoms with van der Waals surface area (Å²) in [5.74, 6) is -2.04. The summed E-state index contributed by atoms with van der Waals surface area (Å²) in [5, 5.41) is 0. The molecule has 2 heterocycles. The van der Waals surface area contributed by atoms with Crippen molar-refractivity contribution in [3.05, 3.63) is 23.8 Å². The number of hydrogen-bond donors (Lipinski definition) is 0. The lowest BCUT2D eigenvalue weighted by atomic mass is 9.82. The molecule has 3 aliphatic rings. The largest absolute Gasteiger partial charge is 0.461 e. The molecule has 2 fully saturated rings. The Morgan fingerprint density at radius 3 is 2.61 bits per heavy atom. The molecule has 0 aromatic carbocycles. The minimum absolute atomic E-state index is 0.136. The summed E-state index contributed by atoms with van der Waals surface area (Å²) in [5.41, 5.74) is 0.511. The van der Waals surface area contributed by atoms with Gasteiger partial charge in [-0.3, -0.25) is 9.59 Å². The van der Waals surface area contributed by atoms with Gasteiger partial charge in [0.1, 0.15) is 18.3 Å². The van der Waals surface area contributed by atoms with Crippen molar-refractivity contribution in [3.63, 3.8) is 0 Å². The summed E-state index contributed by atoms with van der Waals surface area (Å²) in [7, 11) is 0. The predicted molar refractivity (Wildman–Crippen MR) is 99.1 cm³/mol. The van der Waals surface area contributed by atoms with E-state index in [0.717, 1.165) is 5.57 Å². The highest BCUT2D eigenvalue weighted by atomic mass is 16.6. The molecule has 0 N–H and O–H groups in total. The van der Waals surface area contributed by atoms with Crippen LogP contribution in [-0.2, 0) is 33.3 Å². The van der Waals surface area contributed by atoms with Gasteiger partial charge in [-0.15, -0.1) is 0 Å². The average Bonchev–Trinajstić information content (AvgIpc) is 3.11. The van der Waals surface area contributed by atoms with Gasteiger partial charge in [0.2, 0.25) is 0 Å². The lowest BCUT2D eigenvalue weighted by Gasteiger charge is -2.30. The second kappa shape index (κ2) is 7.35. The van der Waals surface area contributed by atoms with Gasteiger partial charge in [0, 0.05) is 25.3 Å². The quantitative estimate of drug-likeness (QED) is 0.240. The highest BCUT2D eigenvalue weighted by Gasteiger charge is 2.58. The summed E-state index contributed by atoms with van der Waals surface area (Å²) in [6, 6.07) is 0. The molecular weight excluding hydrogens is 364 g/mol. The monoisotopic (exact) mass is 392 g/mol. The first-order valence-electron chi connectivity index (χ1n) is 9.65. The van der Waals surface area contributed by atoms with Crippen LogP contribution in [-0.4, -0.2) is 47.9 Å². The number of rotatable bonds is 3. The molecule has 0 spiro atoms. The van der Waals surface area contributed by atoms with Crippen molar-refractivity contribution in [1.29, 1.82) is 0 Å². The molecule has 1 aliphatic carbocycles. The van der Waals surface area contributed by atoms with Crippen molar-refractivity contribution in [2.24, 2.45) is 11.8 Å². The fourth-order valence-corrected chi connectivity index (χ4v) is 3.96. The first-order chi connectivity index (χ1) is 13.0. The van der Waals surface area contributed by atoms with Crippen LogP contribution in [0, 0.1) is 11.8 Å². The van der Waals surface area contributed by atoms with E-state index in [-0.39, 0.29) is 29.5 Å². The zero-order valence-corrected chi connectivity index (χ0v) is 17.0. The summed E-state index contributed by atoms with van der Waals surface area (Å²) in [6.07, 6.45) is 0.846. The van der Waals surface area contributed by atoms with E-state index in [0.29, 0.717) is 12.8 Å². The normalized spacial score (nSPS) is 39.2. The smallest absolute Gasteiger partial charge is 0.334 e. The van der Waals surface area contributed by atoms with Gasteiger partial charge in [-0.1, -0.05) is 20.4 Å². The van der Waals surface area contributed by atoms with Crippen molar-refractivity contribution < 1.29 is 33.3 Å². The molecule has 0 bridgehead atoms. The molecule has 7 nitrogen and oxygen atoms in total. The SMILES string of the molecule is C=C1C(=O)O[C@@H]2/C=C(\C)[C@@H](OC(C)=O)C[C@H]3O[C@]3(C)C[C@@H](OC(=O)C(C)C)[C@@H]12. The fourth-order valence-electron chi connectivity index (χ4n) is 3.96. The molecule has 0 unspecified atom stereocenters. The molecule has 2 aliphatic heterocycles. The van der Waals surface area contributed by atoms with Crippen LogP contribution in [0.2, 0.25) is 0 Å². The van der Waals surface area contributed by atoms with Crippen molar-refractivity contribution in [2.45, 2.75) is 77.5 Å². The summed E-state index contributed by atoms with van der Waals surface area (Å²) < 4.78 is 22.7. The Kier molecular flexibility index (Phi) is 5.40. The van der Waals surface area contributed by atoms with Gasteiger partial charge in [-0.2, -0.15) is 0 Å². The summed E-state index contributed by atoms with van der Waals surface area (Å²) >= 11 is 0. The summed E-state index contributed by atoms with van der Waals surface area (Å²) in [4.78, 5) is 36.1. The Morgan fingerprint density at radius 1 is 1.32 bits per heavy atom. The molecule has 154 valence electrons. The molecular formula is C21H28O7. The van der Waals surface area contributed by atoms with Gasteiger partial charge in [-0.05, 0) is 25.5 Å². The second-order valence-electron chi connectivity index (χ2n) is 8.42. The minimum Gasteiger partial charge on any atom is -0.461 e. The third-order valence-electron chi connectivity index (χ3n) is 5.71. The Bertz CT molecular complexity index is 737. The van der Waals surface area contributed by atoms with E-state index in [1.54, 1.807) is 19.9 Å². The zero-order chi connectivity index (χ0) is 20.8. The Labute approximate surface area is 165 Å². The van der Waals surface area contributed by atoms with Gasteiger partial charge >= 0.3 is 17.9 Å². The van der Waals surface area contributed by atoms with E-state index in [4.69, 9.17) is 18.9 Å². The van der Waals surface area contributed by atoms with Crippen LogP contribution in [0.5, 0.6) is 0 Å². The summed E-state index contributed by atoms with van der Waals surface area (Å²) in [6.45, 7) is 12.5. The number of carbonyl (C=O) groups excluding carboxylic acids is 3. The zero-order valence-electron chi connectivity index (χ0n) is 17.0. The molecule has 0 aromatic heterocycles. The average molecular weight is 392 g/mol. The van der Waals surface area contributed by atoms with Crippen molar-refractivity contribution >= 4 is 17.9 Å². The molecule has 2 saturated heterocycles. The van der Waals surface area contributed by atoms with Crippen LogP contribution in [0.4, 0.5) is 0 Å². The standard InChI is InChI=1S/C21H28O7/c1-10(2)19(23)27-16-9-21(6)17(28-21)8-14(25-13(5)22)11(3)7-15-18(16)12(4)20(24)26-15/h7,10,14-18H,4,8-9H2,1-3,5-6H3/b11-7+/t14-,15+,16+,17+,18-,21+/m0/s1. The third-order valence-corrected chi connectivity index (χ3v) is 5.71. The van der Waals surface area contributed by atoms with Crippen LogP contribution in [0.3, 0.4) is 0 Å². The van der Waals surface area contributed by atoms with Crippen LogP contribution in [0.25, 0.3) is 0 Å². The van der Waals surface area contributed by atoms with Crippen molar-refractivity contribution in [1.82, 2.24) is 0 Å². The van der Waals surface area contributed by atoms with Crippen LogP contribution in [0.15, 0.2) is 23.8 Å². The third kappa shape index (κ3) is 3.99. The molecule has 0 aromatic rings. The van der Waals surface area contributed by atoms with Gasteiger partial charge in [0.15, 0.2) is 0 Å². The highest BCUT2D eigenvalue weighted by Crippen LogP contribution is 2.48. The van der Waals surface area contributed by atoms with E-state index in [2.05, 4.69) is 6.58 Å². The van der Waals surface area contributed by atoms with Crippen LogP contribution in [0.1, 0.15) is 47.5 Å².